The maximum Gasteiger partial charge on any atom is 0.244 e. The van der Waals surface area contributed by atoms with E-state index < -0.39 is 0 Å². The number of ether oxygens (including phenoxy) is 1. The van der Waals surface area contributed by atoms with E-state index in [9.17, 15) is 4.79 Å². The SMILES string of the molecule is CC(C)(C)c1cc(NC(=O)[C@@H]2CCN2C2CCOCC2)on1. The molecule has 1 atom stereocenters. The highest BCUT2D eigenvalue weighted by molar-refractivity contribution is 5.94. The van der Waals surface area contributed by atoms with Crippen molar-refractivity contribution in [2.24, 2.45) is 0 Å². The van der Waals surface area contributed by atoms with E-state index in [1.807, 2.05) is 6.07 Å². The van der Waals surface area contributed by atoms with Gasteiger partial charge in [0, 0.05) is 37.3 Å². The fourth-order valence-corrected chi connectivity index (χ4v) is 3.04. The molecule has 0 spiro atoms. The van der Waals surface area contributed by atoms with Gasteiger partial charge in [0.1, 0.15) is 0 Å². The molecule has 0 saturated carbocycles. The predicted octanol–water partition coefficient (Wildman–Crippen LogP) is 2.16. The van der Waals surface area contributed by atoms with E-state index in [-0.39, 0.29) is 17.4 Å². The average Bonchev–Trinajstić information content (AvgIpc) is 2.87. The normalized spacial score (nSPS) is 24.0. The minimum atomic E-state index is -0.0862. The van der Waals surface area contributed by atoms with Gasteiger partial charge in [0.2, 0.25) is 11.8 Å². The molecule has 2 aliphatic heterocycles. The summed E-state index contributed by atoms with van der Waals surface area (Å²) in [5.74, 6) is 0.447. The van der Waals surface area contributed by atoms with Crippen LogP contribution in [0.2, 0.25) is 0 Å². The summed E-state index contributed by atoms with van der Waals surface area (Å²) in [6.45, 7) is 8.78. The lowest BCUT2D eigenvalue weighted by Gasteiger charge is -2.46. The first kappa shape index (κ1) is 15.5. The van der Waals surface area contributed by atoms with E-state index in [0.717, 1.165) is 44.7 Å². The van der Waals surface area contributed by atoms with E-state index in [2.05, 4.69) is 36.1 Å². The molecular weight excluding hydrogens is 282 g/mol. The summed E-state index contributed by atoms with van der Waals surface area (Å²) >= 11 is 0. The summed E-state index contributed by atoms with van der Waals surface area (Å²) in [6, 6.07) is 2.24. The van der Waals surface area contributed by atoms with Crippen LogP contribution >= 0.6 is 0 Å². The second-order valence-corrected chi connectivity index (χ2v) is 7.20. The van der Waals surface area contributed by atoms with Gasteiger partial charge in [-0.3, -0.25) is 15.0 Å². The number of likely N-dealkylation sites (tertiary alicyclic amines) is 1. The number of carbonyl (C=O) groups excluding carboxylic acids is 1. The van der Waals surface area contributed by atoms with Crippen LogP contribution in [0.5, 0.6) is 0 Å². The molecule has 3 rings (SSSR count). The van der Waals surface area contributed by atoms with Gasteiger partial charge in [-0.05, 0) is 19.3 Å². The monoisotopic (exact) mass is 307 g/mol. The van der Waals surface area contributed by atoms with Crippen molar-refractivity contribution in [2.45, 2.75) is 57.5 Å². The Balaban J connectivity index is 1.58. The maximum absolute atomic E-state index is 12.4. The number of aromatic nitrogens is 1. The van der Waals surface area contributed by atoms with Crippen LogP contribution in [0.4, 0.5) is 5.88 Å². The second kappa shape index (κ2) is 6.01. The van der Waals surface area contributed by atoms with Crippen LogP contribution in [-0.4, -0.2) is 47.8 Å². The third-order valence-corrected chi connectivity index (χ3v) is 4.55. The second-order valence-electron chi connectivity index (χ2n) is 7.20. The number of anilines is 1. The molecule has 1 aromatic rings. The van der Waals surface area contributed by atoms with Gasteiger partial charge < -0.3 is 9.26 Å². The molecule has 22 heavy (non-hydrogen) atoms. The lowest BCUT2D eigenvalue weighted by atomic mass is 9.92. The van der Waals surface area contributed by atoms with Gasteiger partial charge in [-0.2, -0.15) is 0 Å². The van der Waals surface area contributed by atoms with Crippen LogP contribution in [0.1, 0.15) is 45.7 Å². The minimum Gasteiger partial charge on any atom is -0.381 e. The van der Waals surface area contributed by atoms with Crippen LogP contribution < -0.4 is 5.32 Å². The van der Waals surface area contributed by atoms with Gasteiger partial charge >= 0.3 is 0 Å². The van der Waals surface area contributed by atoms with Crippen molar-refractivity contribution in [3.05, 3.63) is 11.8 Å². The predicted molar refractivity (Wildman–Crippen MR) is 82.8 cm³/mol. The number of hydrogen-bond acceptors (Lipinski definition) is 5. The van der Waals surface area contributed by atoms with E-state index in [1.54, 1.807) is 0 Å². The molecule has 1 N–H and O–H groups in total. The largest absolute Gasteiger partial charge is 0.381 e. The van der Waals surface area contributed by atoms with Crippen LogP contribution in [0, 0.1) is 0 Å². The van der Waals surface area contributed by atoms with Gasteiger partial charge in [0.05, 0.1) is 11.7 Å². The Kier molecular flexibility index (Phi) is 4.23. The number of nitrogens with one attached hydrogen (secondary N) is 1. The zero-order chi connectivity index (χ0) is 15.7. The average molecular weight is 307 g/mol. The van der Waals surface area contributed by atoms with Gasteiger partial charge in [-0.15, -0.1) is 0 Å². The molecule has 0 aromatic carbocycles. The molecule has 0 unspecified atom stereocenters. The molecule has 1 aromatic heterocycles. The number of rotatable bonds is 3. The Morgan fingerprint density at radius 1 is 1.32 bits per heavy atom. The summed E-state index contributed by atoms with van der Waals surface area (Å²) in [5, 5.41) is 6.90. The Labute approximate surface area is 131 Å². The van der Waals surface area contributed by atoms with Crippen molar-refractivity contribution in [1.29, 1.82) is 0 Å². The molecule has 0 radical (unpaired) electrons. The van der Waals surface area contributed by atoms with Crippen LogP contribution in [0.25, 0.3) is 0 Å². The van der Waals surface area contributed by atoms with E-state index in [1.165, 1.54) is 0 Å². The summed E-state index contributed by atoms with van der Waals surface area (Å²) in [7, 11) is 0. The van der Waals surface area contributed by atoms with Crippen molar-refractivity contribution in [1.82, 2.24) is 10.1 Å². The van der Waals surface area contributed by atoms with Crippen LogP contribution in [0.15, 0.2) is 10.6 Å². The van der Waals surface area contributed by atoms with E-state index >= 15 is 0 Å². The topological polar surface area (TPSA) is 67.6 Å². The lowest BCUT2D eigenvalue weighted by molar-refractivity contribution is -0.129. The van der Waals surface area contributed by atoms with Crippen molar-refractivity contribution in [3.63, 3.8) is 0 Å². The Bertz CT molecular complexity index is 529. The molecule has 0 bridgehead atoms. The Morgan fingerprint density at radius 2 is 2.05 bits per heavy atom. The van der Waals surface area contributed by atoms with Gasteiger partial charge in [-0.25, -0.2) is 0 Å². The zero-order valence-electron chi connectivity index (χ0n) is 13.6. The van der Waals surface area contributed by atoms with Crippen LogP contribution in [0.3, 0.4) is 0 Å². The van der Waals surface area contributed by atoms with Crippen molar-refractivity contribution in [3.8, 4) is 0 Å². The van der Waals surface area contributed by atoms with Gasteiger partial charge in [-0.1, -0.05) is 25.9 Å². The number of nitrogens with zero attached hydrogens (tertiary/aromatic N) is 2. The first-order valence-electron chi connectivity index (χ1n) is 8.07. The lowest BCUT2D eigenvalue weighted by Crippen LogP contribution is -2.59. The third kappa shape index (κ3) is 3.17. The van der Waals surface area contributed by atoms with E-state index in [0.29, 0.717) is 11.9 Å². The molecule has 1 amide bonds. The van der Waals surface area contributed by atoms with Crippen molar-refractivity contribution < 1.29 is 14.1 Å². The smallest absolute Gasteiger partial charge is 0.244 e. The highest BCUT2D eigenvalue weighted by Crippen LogP contribution is 2.28. The highest BCUT2D eigenvalue weighted by atomic mass is 16.5. The summed E-state index contributed by atoms with van der Waals surface area (Å²) in [6.07, 6.45) is 2.93. The zero-order valence-corrected chi connectivity index (χ0v) is 13.6. The molecule has 6 heteroatoms. The van der Waals surface area contributed by atoms with Crippen molar-refractivity contribution in [2.75, 3.05) is 25.1 Å². The van der Waals surface area contributed by atoms with Gasteiger partial charge in [0.15, 0.2) is 0 Å². The molecule has 2 saturated heterocycles. The molecule has 122 valence electrons. The Hall–Kier alpha value is -1.40. The molecule has 2 aliphatic rings. The summed E-state index contributed by atoms with van der Waals surface area (Å²) in [4.78, 5) is 14.7. The number of amides is 1. The molecule has 2 fully saturated rings. The fourth-order valence-electron chi connectivity index (χ4n) is 3.04. The highest BCUT2D eigenvalue weighted by Gasteiger charge is 2.39. The van der Waals surface area contributed by atoms with Crippen molar-refractivity contribution >= 4 is 11.8 Å². The standard InChI is InChI=1S/C16H25N3O3/c1-16(2,3)13-10-14(22-18-13)17-15(20)12-4-7-19(12)11-5-8-21-9-6-11/h10-12H,4-9H2,1-3H3,(H,17,20)/t12-/m0/s1. The summed E-state index contributed by atoms with van der Waals surface area (Å²) in [5.41, 5.74) is 0.759. The first-order chi connectivity index (χ1) is 10.4. The third-order valence-electron chi connectivity index (χ3n) is 4.55. The maximum atomic E-state index is 12.4. The number of hydrogen-bond donors (Lipinski definition) is 1. The molecule has 6 nitrogen and oxygen atoms in total. The fraction of sp³-hybridized carbons (Fsp3) is 0.750. The molecule has 0 aliphatic carbocycles. The first-order valence-corrected chi connectivity index (χ1v) is 8.07. The number of carbonyl (C=O) groups is 1. The molecular formula is C16H25N3O3. The minimum absolute atomic E-state index is 0.00866. The van der Waals surface area contributed by atoms with Crippen LogP contribution in [-0.2, 0) is 14.9 Å². The summed E-state index contributed by atoms with van der Waals surface area (Å²) < 4.78 is 10.6. The van der Waals surface area contributed by atoms with E-state index in [4.69, 9.17) is 9.26 Å². The quantitative estimate of drug-likeness (QED) is 0.927. The Morgan fingerprint density at radius 3 is 2.59 bits per heavy atom. The van der Waals surface area contributed by atoms with Gasteiger partial charge in [0.25, 0.3) is 0 Å². The molecule has 3 heterocycles.